The largest absolute Gasteiger partial charge is 0.437 e. The van der Waals surface area contributed by atoms with Crippen LogP contribution in [0.4, 0.5) is 5.69 Å². The maximum Gasteiger partial charge on any atom is 0.230 e. The SMILES string of the molecule is CC(=O)c1cc(N)ccc1Oc1ncnc2ccccc12. The van der Waals surface area contributed by atoms with Crippen LogP contribution in [0.5, 0.6) is 11.6 Å². The van der Waals surface area contributed by atoms with E-state index in [4.69, 9.17) is 10.5 Å². The number of ether oxygens (including phenoxy) is 1. The number of hydrogen-bond donors (Lipinski definition) is 1. The highest BCUT2D eigenvalue weighted by atomic mass is 16.5. The molecule has 3 aromatic rings. The highest BCUT2D eigenvalue weighted by Crippen LogP contribution is 2.30. The second kappa shape index (κ2) is 5.20. The molecule has 0 fully saturated rings. The monoisotopic (exact) mass is 279 g/mol. The fourth-order valence-corrected chi connectivity index (χ4v) is 2.08. The molecular weight excluding hydrogens is 266 g/mol. The lowest BCUT2D eigenvalue weighted by Gasteiger charge is -2.10. The lowest BCUT2D eigenvalue weighted by Crippen LogP contribution is -2.00. The van der Waals surface area contributed by atoms with Gasteiger partial charge in [0.1, 0.15) is 12.1 Å². The summed E-state index contributed by atoms with van der Waals surface area (Å²) >= 11 is 0. The number of nitrogen functional groups attached to an aromatic ring is 1. The molecule has 0 saturated carbocycles. The molecule has 2 aromatic carbocycles. The Balaban J connectivity index is 2.09. The Labute approximate surface area is 121 Å². The minimum Gasteiger partial charge on any atom is -0.437 e. The van der Waals surface area contributed by atoms with E-state index in [1.807, 2.05) is 24.3 Å². The number of benzene rings is 2. The third-order valence-electron chi connectivity index (χ3n) is 3.10. The van der Waals surface area contributed by atoms with E-state index >= 15 is 0 Å². The molecule has 3 rings (SSSR count). The van der Waals surface area contributed by atoms with Crippen LogP contribution in [0, 0.1) is 0 Å². The molecule has 104 valence electrons. The summed E-state index contributed by atoms with van der Waals surface area (Å²) in [6.45, 7) is 1.47. The Kier molecular flexibility index (Phi) is 3.23. The van der Waals surface area contributed by atoms with Gasteiger partial charge in [-0.1, -0.05) is 12.1 Å². The van der Waals surface area contributed by atoms with Crippen molar-refractivity contribution in [1.29, 1.82) is 0 Å². The number of carbonyl (C=O) groups excluding carboxylic acids is 1. The fraction of sp³-hybridized carbons (Fsp3) is 0.0625. The van der Waals surface area contributed by atoms with Gasteiger partial charge in [0.15, 0.2) is 5.78 Å². The zero-order valence-corrected chi connectivity index (χ0v) is 11.4. The van der Waals surface area contributed by atoms with Crippen LogP contribution in [-0.4, -0.2) is 15.8 Å². The summed E-state index contributed by atoms with van der Waals surface area (Å²) < 4.78 is 5.81. The molecule has 0 radical (unpaired) electrons. The Morgan fingerprint density at radius 1 is 1.14 bits per heavy atom. The average molecular weight is 279 g/mol. The Hall–Kier alpha value is -2.95. The number of para-hydroxylation sites is 1. The van der Waals surface area contributed by atoms with Crippen molar-refractivity contribution in [3.05, 3.63) is 54.4 Å². The van der Waals surface area contributed by atoms with Gasteiger partial charge in [0, 0.05) is 5.69 Å². The smallest absolute Gasteiger partial charge is 0.230 e. The molecule has 0 atom stereocenters. The molecule has 5 heteroatoms. The van der Waals surface area contributed by atoms with E-state index in [1.54, 1.807) is 18.2 Å². The van der Waals surface area contributed by atoms with Gasteiger partial charge in [0.25, 0.3) is 0 Å². The van der Waals surface area contributed by atoms with E-state index in [1.165, 1.54) is 13.3 Å². The number of ketones is 1. The fourth-order valence-electron chi connectivity index (χ4n) is 2.08. The zero-order valence-electron chi connectivity index (χ0n) is 11.4. The second-order valence-corrected chi connectivity index (χ2v) is 4.61. The van der Waals surface area contributed by atoms with Crippen LogP contribution >= 0.6 is 0 Å². The number of aromatic nitrogens is 2. The van der Waals surface area contributed by atoms with Gasteiger partial charge in [-0.2, -0.15) is 0 Å². The number of Topliss-reactive ketones (excluding diaryl/α,β-unsaturated/α-hetero) is 1. The predicted octanol–water partition coefficient (Wildman–Crippen LogP) is 3.21. The van der Waals surface area contributed by atoms with Gasteiger partial charge < -0.3 is 10.5 Å². The van der Waals surface area contributed by atoms with E-state index in [-0.39, 0.29) is 5.78 Å². The molecule has 5 nitrogen and oxygen atoms in total. The van der Waals surface area contributed by atoms with Crippen molar-refractivity contribution < 1.29 is 9.53 Å². The van der Waals surface area contributed by atoms with E-state index in [0.29, 0.717) is 22.9 Å². The maximum atomic E-state index is 11.7. The number of fused-ring (bicyclic) bond motifs is 1. The zero-order chi connectivity index (χ0) is 14.8. The van der Waals surface area contributed by atoms with Crippen LogP contribution in [0.15, 0.2) is 48.8 Å². The minimum atomic E-state index is -0.115. The van der Waals surface area contributed by atoms with Crippen LogP contribution in [0.2, 0.25) is 0 Å². The number of nitrogens with two attached hydrogens (primary N) is 1. The van der Waals surface area contributed by atoms with Crippen LogP contribution < -0.4 is 10.5 Å². The third kappa shape index (κ3) is 2.53. The molecule has 0 aliphatic carbocycles. The lowest BCUT2D eigenvalue weighted by atomic mass is 10.1. The van der Waals surface area contributed by atoms with Gasteiger partial charge in [0.2, 0.25) is 5.88 Å². The average Bonchev–Trinajstić information content (AvgIpc) is 2.49. The summed E-state index contributed by atoms with van der Waals surface area (Å²) in [5.41, 5.74) is 7.44. The van der Waals surface area contributed by atoms with Gasteiger partial charge >= 0.3 is 0 Å². The molecule has 1 heterocycles. The van der Waals surface area contributed by atoms with Crippen molar-refractivity contribution >= 4 is 22.4 Å². The summed E-state index contributed by atoms with van der Waals surface area (Å²) in [4.78, 5) is 20.0. The Morgan fingerprint density at radius 2 is 1.95 bits per heavy atom. The van der Waals surface area contributed by atoms with Gasteiger partial charge in [-0.25, -0.2) is 9.97 Å². The van der Waals surface area contributed by atoms with Crippen LogP contribution in [-0.2, 0) is 0 Å². The summed E-state index contributed by atoms with van der Waals surface area (Å²) in [6.07, 6.45) is 1.43. The lowest BCUT2D eigenvalue weighted by molar-refractivity contribution is 0.101. The molecule has 0 spiro atoms. The third-order valence-corrected chi connectivity index (χ3v) is 3.10. The van der Waals surface area contributed by atoms with Crippen LogP contribution in [0.1, 0.15) is 17.3 Å². The minimum absolute atomic E-state index is 0.115. The normalized spacial score (nSPS) is 10.5. The van der Waals surface area contributed by atoms with Crippen LogP contribution in [0.3, 0.4) is 0 Å². The molecule has 1 aromatic heterocycles. The molecule has 21 heavy (non-hydrogen) atoms. The quantitative estimate of drug-likeness (QED) is 0.588. The van der Waals surface area contributed by atoms with Gasteiger partial charge in [-0.3, -0.25) is 4.79 Å². The number of hydrogen-bond acceptors (Lipinski definition) is 5. The summed E-state index contributed by atoms with van der Waals surface area (Å²) in [5, 5.41) is 0.784. The number of nitrogens with zero attached hydrogens (tertiary/aromatic N) is 2. The Morgan fingerprint density at radius 3 is 2.76 bits per heavy atom. The van der Waals surface area contributed by atoms with E-state index in [2.05, 4.69) is 9.97 Å². The van der Waals surface area contributed by atoms with Crippen molar-refractivity contribution in [2.75, 3.05) is 5.73 Å². The highest BCUT2D eigenvalue weighted by Gasteiger charge is 2.12. The van der Waals surface area contributed by atoms with Crippen molar-refractivity contribution in [3.63, 3.8) is 0 Å². The molecule has 2 N–H and O–H groups in total. The molecule has 0 aliphatic heterocycles. The topological polar surface area (TPSA) is 78.1 Å². The molecule has 0 saturated heterocycles. The van der Waals surface area contributed by atoms with Crippen LogP contribution in [0.25, 0.3) is 10.9 Å². The van der Waals surface area contributed by atoms with Crippen molar-refractivity contribution in [2.45, 2.75) is 6.92 Å². The molecule has 0 bridgehead atoms. The predicted molar refractivity (Wildman–Crippen MR) is 80.5 cm³/mol. The van der Waals surface area contributed by atoms with Gasteiger partial charge in [0.05, 0.1) is 16.5 Å². The highest BCUT2D eigenvalue weighted by molar-refractivity contribution is 5.98. The Bertz CT molecular complexity index is 825. The first-order valence-corrected chi connectivity index (χ1v) is 6.43. The summed E-state index contributed by atoms with van der Waals surface area (Å²) in [6, 6.07) is 12.5. The number of rotatable bonds is 3. The first-order valence-electron chi connectivity index (χ1n) is 6.43. The first kappa shape index (κ1) is 13.1. The summed E-state index contributed by atoms with van der Waals surface area (Å²) in [5.74, 6) is 0.726. The second-order valence-electron chi connectivity index (χ2n) is 4.61. The van der Waals surface area contributed by atoms with Crippen molar-refractivity contribution in [1.82, 2.24) is 9.97 Å². The van der Waals surface area contributed by atoms with Crippen molar-refractivity contribution in [2.24, 2.45) is 0 Å². The molecular formula is C16H13N3O2. The van der Waals surface area contributed by atoms with E-state index < -0.39 is 0 Å². The first-order chi connectivity index (χ1) is 10.1. The standard InChI is InChI=1S/C16H13N3O2/c1-10(20)13-8-11(17)6-7-15(13)21-16-12-4-2-3-5-14(12)18-9-19-16/h2-9H,17H2,1H3. The van der Waals surface area contributed by atoms with E-state index in [9.17, 15) is 4.79 Å². The van der Waals surface area contributed by atoms with Crippen molar-refractivity contribution in [3.8, 4) is 11.6 Å². The molecule has 0 amide bonds. The van der Waals surface area contributed by atoms with E-state index in [0.717, 1.165) is 10.9 Å². The number of carbonyl (C=O) groups is 1. The summed E-state index contributed by atoms with van der Waals surface area (Å²) in [7, 11) is 0. The molecule has 0 unspecified atom stereocenters. The van der Waals surface area contributed by atoms with Gasteiger partial charge in [-0.15, -0.1) is 0 Å². The maximum absolute atomic E-state index is 11.7. The molecule has 0 aliphatic rings. The number of anilines is 1. The van der Waals surface area contributed by atoms with Gasteiger partial charge in [-0.05, 0) is 37.3 Å².